The van der Waals surface area contributed by atoms with Crippen LogP contribution in [0, 0.1) is 35.5 Å². The van der Waals surface area contributed by atoms with Gasteiger partial charge < -0.3 is 14.7 Å². The van der Waals surface area contributed by atoms with Crippen LogP contribution in [-0.4, -0.2) is 69.0 Å². The number of nitrogens with one attached hydrogen (secondary N) is 1. The predicted molar refractivity (Wildman–Crippen MR) is 118 cm³/mol. The standard InChI is InChI=1S/C20H24N3O9PS/c1-20(18(24)21-26,34(2,30)31)7-8-22-12-17-9-14(11-23(17)19(22)25)5-3-4-6-15-10-16(15)13-32-33(27,28)29/h9,11,15-16,26H,7-8,10,12-13H2,1-2H3,(H,21,24)(H2,27,28,29)/t15-,16+,20+/m0/s1. The first-order chi connectivity index (χ1) is 15.7. The maximum Gasteiger partial charge on any atom is 0.469 e. The fourth-order valence-corrected chi connectivity index (χ4v) is 4.66. The van der Waals surface area contributed by atoms with E-state index < -0.39 is 28.3 Å². The number of sulfone groups is 1. The van der Waals surface area contributed by atoms with E-state index in [1.807, 2.05) is 0 Å². The molecule has 14 heteroatoms. The van der Waals surface area contributed by atoms with E-state index in [9.17, 15) is 22.6 Å². The van der Waals surface area contributed by atoms with Crippen molar-refractivity contribution in [3.63, 3.8) is 0 Å². The van der Waals surface area contributed by atoms with E-state index in [0.29, 0.717) is 17.7 Å². The second-order valence-electron chi connectivity index (χ2n) is 8.40. The fraction of sp³-hybridized carbons (Fsp3) is 0.500. The number of carbonyl (C=O) groups excluding carboxylic acids is 2. The van der Waals surface area contributed by atoms with Gasteiger partial charge in [-0.25, -0.2) is 23.3 Å². The van der Waals surface area contributed by atoms with Crippen LogP contribution in [0.2, 0.25) is 0 Å². The zero-order valence-corrected chi connectivity index (χ0v) is 20.1. The lowest BCUT2D eigenvalue weighted by Crippen LogP contribution is -2.50. The Morgan fingerprint density at radius 2 is 2.09 bits per heavy atom. The summed E-state index contributed by atoms with van der Waals surface area (Å²) in [4.78, 5) is 43.4. The zero-order chi connectivity index (χ0) is 25.3. The Labute approximate surface area is 196 Å². The molecular formula is C20H24N3O9PS. The van der Waals surface area contributed by atoms with Crippen LogP contribution >= 0.6 is 7.82 Å². The summed E-state index contributed by atoms with van der Waals surface area (Å²) in [5.41, 5.74) is 2.59. The normalized spacial score (nSPS) is 21.0. The highest BCUT2D eigenvalue weighted by atomic mass is 32.2. The summed E-state index contributed by atoms with van der Waals surface area (Å²) >= 11 is 0. The number of fused-ring (bicyclic) bond motifs is 1. The molecule has 0 unspecified atom stereocenters. The summed E-state index contributed by atoms with van der Waals surface area (Å²) in [6.45, 7) is 1.32. The molecule has 2 amide bonds. The molecular weight excluding hydrogens is 489 g/mol. The van der Waals surface area contributed by atoms with Gasteiger partial charge in [-0.15, -0.1) is 0 Å². The van der Waals surface area contributed by atoms with Crippen LogP contribution in [0.3, 0.4) is 0 Å². The second kappa shape index (κ2) is 9.55. The number of amides is 2. The maximum atomic E-state index is 12.7. The average molecular weight is 513 g/mol. The van der Waals surface area contributed by atoms with Crippen LogP contribution in [0.4, 0.5) is 4.79 Å². The molecule has 4 N–H and O–H groups in total. The molecule has 184 valence electrons. The molecule has 0 bridgehead atoms. The van der Waals surface area contributed by atoms with Gasteiger partial charge in [-0.1, -0.05) is 11.8 Å². The van der Waals surface area contributed by atoms with E-state index >= 15 is 0 Å². The molecule has 0 aromatic carbocycles. The van der Waals surface area contributed by atoms with Crippen LogP contribution in [0.15, 0.2) is 12.3 Å². The lowest BCUT2D eigenvalue weighted by molar-refractivity contribution is -0.131. The van der Waals surface area contributed by atoms with Gasteiger partial charge in [0.1, 0.15) is 0 Å². The minimum Gasteiger partial charge on any atom is -0.318 e. The molecule has 1 aliphatic carbocycles. The number of phosphoric acid groups is 1. The molecule has 34 heavy (non-hydrogen) atoms. The average Bonchev–Trinajstić information content (AvgIpc) is 3.28. The monoisotopic (exact) mass is 513 g/mol. The van der Waals surface area contributed by atoms with Gasteiger partial charge in [0.15, 0.2) is 14.6 Å². The third-order valence-corrected chi connectivity index (χ3v) is 8.41. The number of rotatable bonds is 8. The fourth-order valence-electron chi connectivity index (χ4n) is 3.43. The molecule has 1 saturated carbocycles. The third kappa shape index (κ3) is 5.88. The Morgan fingerprint density at radius 1 is 1.38 bits per heavy atom. The van der Waals surface area contributed by atoms with Crippen molar-refractivity contribution in [2.45, 2.75) is 31.1 Å². The smallest absolute Gasteiger partial charge is 0.318 e. The van der Waals surface area contributed by atoms with Gasteiger partial charge in [-0.2, -0.15) is 0 Å². The molecule has 2 heterocycles. The minimum atomic E-state index is -4.48. The number of carbonyl (C=O) groups is 2. The van der Waals surface area contributed by atoms with Crippen molar-refractivity contribution in [2.24, 2.45) is 11.8 Å². The van der Waals surface area contributed by atoms with Crippen LogP contribution < -0.4 is 5.48 Å². The quantitative estimate of drug-likeness (QED) is 0.162. The van der Waals surface area contributed by atoms with Crippen molar-refractivity contribution in [1.82, 2.24) is 14.9 Å². The summed E-state index contributed by atoms with van der Waals surface area (Å²) in [6, 6.07) is 1.32. The Kier molecular flexibility index (Phi) is 7.29. The number of hydroxylamine groups is 1. The van der Waals surface area contributed by atoms with E-state index in [-0.39, 0.29) is 44.0 Å². The van der Waals surface area contributed by atoms with Gasteiger partial charge in [0.2, 0.25) is 0 Å². The van der Waals surface area contributed by atoms with Gasteiger partial charge in [0.25, 0.3) is 5.91 Å². The lowest BCUT2D eigenvalue weighted by atomic mass is 10.1. The Morgan fingerprint density at radius 3 is 2.68 bits per heavy atom. The van der Waals surface area contributed by atoms with Gasteiger partial charge in [-0.3, -0.25) is 19.1 Å². The first kappa shape index (κ1) is 26.0. The van der Waals surface area contributed by atoms with E-state index in [1.165, 1.54) is 28.1 Å². The summed E-state index contributed by atoms with van der Waals surface area (Å²) in [5.74, 6) is 9.98. The second-order valence-corrected chi connectivity index (χ2v) is 12.1. The number of hydrogen-bond acceptors (Lipinski definition) is 7. The molecule has 3 atom stereocenters. The molecule has 1 aromatic rings. The molecule has 0 radical (unpaired) electrons. The number of aromatic nitrogens is 1. The van der Waals surface area contributed by atoms with Crippen LogP contribution in [0.5, 0.6) is 0 Å². The SMILES string of the molecule is C[C@@](CCN1Cc2cc(C#CC#C[C@H]3C[C@@H]3COP(=O)(O)O)cn2C1=O)(C(=O)NO)S(C)(=O)=O. The van der Waals surface area contributed by atoms with Gasteiger partial charge in [0, 0.05) is 36.2 Å². The third-order valence-electron chi connectivity index (χ3n) is 5.89. The Balaban J connectivity index is 1.56. The topological polar surface area (TPSA) is 175 Å². The van der Waals surface area contributed by atoms with Crippen molar-refractivity contribution in [2.75, 3.05) is 19.4 Å². The highest BCUT2D eigenvalue weighted by Gasteiger charge is 2.44. The molecule has 3 rings (SSSR count). The summed E-state index contributed by atoms with van der Waals surface area (Å²) in [5, 5.41) is 8.90. The van der Waals surface area contributed by atoms with Gasteiger partial charge in [0.05, 0.1) is 13.2 Å². The van der Waals surface area contributed by atoms with E-state index in [1.54, 1.807) is 6.07 Å². The van der Waals surface area contributed by atoms with E-state index in [2.05, 4.69) is 28.2 Å². The molecule has 2 aliphatic rings. The minimum absolute atomic E-state index is 0.0156. The molecule has 1 aliphatic heterocycles. The predicted octanol–water partition coefficient (Wildman–Crippen LogP) is 0.0709. The number of hydrogen-bond donors (Lipinski definition) is 4. The van der Waals surface area contributed by atoms with E-state index in [4.69, 9.17) is 15.0 Å². The number of phosphoric ester groups is 1. The molecule has 1 aromatic heterocycles. The molecule has 0 saturated heterocycles. The van der Waals surface area contributed by atoms with Crippen LogP contribution in [-0.2, 0) is 30.3 Å². The van der Waals surface area contributed by atoms with Crippen molar-refractivity contribution in [3.8, 4) is 23.7 Å². The first-order valence-electron chi connectivity index (χ1n) is 10.1. The van der Waals surface area contributed by atoms with Gasteiger partial charge >= 0.3 is 13.9 Å². The summed E-state index contributed by atoms with van der Waals surface area (Å²) < 4.78 is 38.8. The van der Waals surface area contributed by atoms with Crippen molar-refractivity contribution in [3.05, 3.63) is 23.5 Å². The Bertz CT molecular complexity index is 1280. The largest absolute Gasteiger partial charge is 0.469 e. The molecule has 1 fully saturated rings. The maximum absolute atomic E-state index is 12.7. The Hall–Kier alpha value is -2.64. The van der Waals surface area contributed by atoms with Crippen molar-refractivity contribution < 1.29 is 42.1 Å². The number of nitrogens with zero attached hydrogens (tertiary/aromatic N) is 2. The summed E-state index contributed by atoms with van der Waals surface area (Å²) in [7, 11) is -8.34. The zero-order valence-electron chi connectivity index (χ0n) is 18.4. The van der Waals surface area contributed by atoms with Crippen LogP contribution in [0.25, 0.3) is 0 Å². The molecule has 0 spiro atoms. The van der Waals surface area contributed by atoms with Crippen LogP contribution in [0.1, 0.15) is 31.0 Å². The highest BCUT2D eigenvalue weighted by Crippen LogP contribution is 2.43. The highest BCUT2D eigenvalue weighted by molar-refractivity contribution is 7.92. The van der Waals surface area contributed by atoms with E-state index in [0.717, 1.165) is 6.26 Å². The van der Waals surface area contributed by atoms with Crippen molar-refractivity contribution >= 4 is 29.6 Å². The van der Waals surface area contributed by atoms with Gasteiger partial charge in [-0.05, 0) is 43.6 Å². The lowest BCUT2D eigenvalue weighted by Gasteiger charge is -2.27. The summed E-state index contributed by atoms with van der Waals surface area (Å²) in [6.07, 6.45) is 2.91. The first-order valence-corrected chi connectivity index (χ1v) is 13.5. The van der Waals surface area contributed by atoms with Crippen molar-refractivity contribution in [1.29, 1.82) is 0 Å². The molecule has 12 nitrogen and oxygen atoms in total.